The topological polar surface area (TPSA) is 58.6 Å². The first-order valence-electron chi connectivity index (χ1n) is 7.36. The number of urea groups is 1. The van der Waals surface area contributed by atoms with E-state index in [9.17, 15) is 22.8 Å². The van der Waals surface area contributed by atoms with Crippen molar-refractivity contribution >= 4 is 12.0 Å². The molecule has 0 saturated heterocycles. The molecule has 1 heterocycles. The number of hydrogen-bond donors (Lipinski definition) is 1. The van der Waals surface area contributed by atoms with Crippen LogP contribution in [0.3, 0.4) is 0 Å². The summed E-state index contributed by atoms with van der Waals surface area (Å²) < 4.78 is 44.7. The van der Waals surface area contributed by atoms with Crippen LogP contribution < -0.4 is 5.32 Å². The van der Waals surface area contributed by atoms with Crippen LogP contribution in [0, 0.1) is 0 Å². The molecule has 0 radical (unpaired) electrons. The Labute approximate surface area is 142 Å². The third-order valence-corrected chi connectivity index (χ3v) is 3.89. The minimum Gasteiger partial charge on any atom is -0.466 e. The van der Waals surface area contributed by atoms with Gasteiger partial charge in [-0.15, -0.1) is 6.58 Å². The Morgan fingerprint density at radius 1 is 1.40 bits per heavy atom. The fourth-order valence-electron chi connectivity index (χ4n) is 2.74. The summed E-state index contributed by atoms with van der Waals surface area (Å²) in [5.41, 5.74) is -0.980. The molecule has 0 spiro atoms. The summed E-state index contributed by atoms with van der Waals surface area (Å²) >= 11 is 0. The predicted molar refractivity (Wildman–Crippen MR) is 84.3 cm³/mol. The van der Waals surface area contributed by atoms with Crippen LogP contribution in [0.15, 0.2) is 48.2 Å². The van der Waals surface area contributed by atoms with Gasteiger partial charge in [0.15, 0.2) is 0 Å². The molecule has 25 heavy (non-hydrogen) atoms. The van der Waals surface area contributed by atoms with Crippen LogP contribution >= 0.6 is 0 Å². The van der Waals surface area contributed by atoms with E-state index in [0.717, 1.165) is 13.2 Å². The number of amides is 2. The number of hydrogen-bond acceptors (Lipinski definition) is 3. The highest BCUT2D eigenvalue weighted by atomic mass is 19.4. The first kappa shape index (κ1) is 18.6. The van der Waals surface area contributed by atoms with Gasteiger partial charge in [0.25, 0.3) is 0 Å². The monoisotopic (exact) mass is 354 g/mol. The molecule has 1 aromatic rings. The second kappa shape index (κ2) is 7.00. The summed E-state index contributed by atoms with van der Waals surface area (Å²) in [5, 5.41) is 2.46. The number of alkyl halides is 3. The smallest absolute Gasteiger partial charge is 0.416 e. The van der Waals surface area contributed by atoms with Gasteiger partial charge in [-0.05, 0) is 18.6 Å². The lowest BCUT2D eigenvalue weighted by molar-refractivity contribution is -0.140. The number of ether oxygens (including phenoxy) is 1. The molecule has 1 atom stereocenters. The number of benzene rings is 1. The van der Waals surface area contributed by atoms with E-state index in [1.54, 1.807) is 0 Å². The molecule has 1 aromatic carbocycles. The van der Waals surface area contributed by atoms with Crippen molar-refractivity contribution in [2.24, 2.45) is 0 Å². The molecule has 0 bridgehead atoms. The van der Waals surface area contributed by atoms with E-state index in [-0.39, 0.29) is 23.4 Å². The number of carbonyl (C=O) groups is 2. The van der Waals surface area contributed by atoms with Crippen molar-refractivity contribution in [3.8, 4) is 0 Å². The molecular weight excluding hydrogens is 337 g/mol. The van der Waals surface area contributed by atoms with Gasteiger partial charge >= 0.3 is 18.2 Å². The van der Waals surface area contributed by atoms with Crippen molar-refractivity contribution in [2.45, 2.75) is 19.1 Å². The quantitative estimate of drug-likeness (QED) is 0.666. The minimum atomic E-state index is -4.63. The van der Waals surface area contributed by atoms with Gasteiger partial charge in [-0.3, -0.25) is 4.90 Å². The summed E-state index contributed by atoms with van der Waals surface area (Å²) in [6.07, 6.45) is -3.18. The van der Waals surface area contributed by atoms with Crippen LogP contribution in [0.4, 0.5) is 18.0 Å². The van der Waals surface area contributed by atoms with Gasteiger partial charge in [0.1, 0.15) is 0 Å². The summed E-state index contributed by atoms with van der Waals surface area (Å²) in [4.78, 5) is 25.7. The van der Waals surface area contributed by atoms with Crippen LogP contribution in [-0.4, -0.2) is 30.6 Å². The van der Waals surface area contributed by atoms with Gasteiger partial charge in [-0.1, -0.05) is 24.3 Å². The SMILES string of the molecule is C=CCN1C(=O)N[C@@H](c2ccccc2C(F)(F)F)C(C(=O)OC)=C1C. The van der Waals surface area contributed by atoms with Crippen molar-refractivity contribution in [1.82, 2.24) is 10.2 Å². The number of nitrogens with one attached hydrogen (secondary N) is 1. The fourth-order valence-corrected chi connectivity index (χ4v) is 2.74. The largest absolute Gasteiger partial charge is 0.466 e. The maximum absolute atomic E-state index is 13.3. The molecule has 1 aliphatic heterocycles. The van der Waals surface area contributed by atoms with Crippen LogP contribution in [0.1, 0.15) is 24.1 Å². The Hall–Kier alpha value is -2.77. The molecule has 1 N–H and O–H groups in total. The summed E-state index contributed by atoms with van der Waals surface area (Å²) in [6, 6.07) is 2.91. The van der Waals surface area contributed by atoms with Gasteiger partial charge in [0.05, 0.1) is 24.3 Å². The van der Waals surface area contributed by atoms with E-state index in [2.05, 4.69) is 11.9 Å². The number of carbonyl (C=O) groups excluding carboxylic acids is 2. The average molecular weight is 354 g/mol. The highest BCUT2D eigenvalue weighted by molar-refractivity contribution is 5.95. The highest BCUT2D eigenvalue weighted by Crippen LogP contribution is 2.39. The first-order valence-corrected chi connectivity index (χ1v) is 7.36. The van der Waals surface area contributed by atoms with E-state index in [4.69, 9.17) is 4.74 Å². The number of esters is 1. The second-order valence-electron chi connectivity index (χ2n) is 5.36. The molecular formula is C17H17F3N2O3. The van der Waals surface area contributed by atoms with Crippen molar-refractivity contribution in [3.05, 3.63) is 59.3 Å². The van der Waals surface area contributed by atoms with Crippen molar-refractivity contribution in [2.75, 3.05) is 13.7 Å². The molecule has 2 rings (SSSR count). The number of halogens is 3. The Balaban J connectivity index is 2.67. The Kier molecular flexibility index (Phi) is 5.20. The molecule has 0 unspecified atom stereocenters. The zero-order valence-corrected chi connectivity index (χ0v) is 13.7. The third-order valence-electron chi connectivity index (χ3n) is 3.89. The molecule has 2 amide bonds. The average Bonchev–Trinajstić information content (AvgIpc) is 2.56. The third kappa shape index (κ3) is 3.52. The number of methoxy groups -OCH3 is 1. The molecule has 8 heteroatoms. The Bertz CT molecular complexity index is 741. The van der Waals surface area contributed by atoms with Crippen LogP contribution in [-0.2, 0) is 15.7 Å². The van der Waals surface area contributed by atoms with Crippen LogP contribution in [0.25, 0.3) is 0 Å². The highest BCUT2D eigenvalue weighted by Gasteiger charge is 2.41. The molecule has 5 nitrogen and oxygen atoms in total. The molecule has 1 aliphatic rings. The summed E-state index contributed by atoms with van der Waals surface area (Å²) in [5.74, 6) is -0.812. The fraction of sp³-hybridized carbons (Fsp3) is 0.294. The van der Waals surface area contributed by atoms with E-state index >= 15 is 0 Å². The maximum Gasteiger partial charge on any atom is 0.416 e. The molecule has 0 aromatic heterocycles. The van der Waals surface area contributed by atoms with Gasteiger partial charge in [0.2, 0.25) is 0 Å². The lowest BCUT2D eigenvalue weighted by Crippen LogP contribution is -2.48. The summed E-state index contributed by atoms with van der Waals surface area (Å²) in [6.45, 7) is 5.11. The van der Waals surface area contributed by atoms with Gasteiger partial charge in [0, 0.05) is 12.2 Å². The predicted octanol–water partition coefficient (Wildman–Crippen LogP) is 3.40. The lowest BCUT2D eigenvalue weighted by Gasteiger charge is -2.35. The van der Waals surface area contributed by atoms with Crippen molar-refractivity contribution < 1.29 is 27.5 Å². The normalized spacial score (nSPS) is 18.0. The summed E-state index contributed by atoms with van der Waals surface area (Å²) in [7, 11) is 1.13. The van der Waals surface area contributed by atoms with E-state index < -0.39 is 29.8 Å². The molecule has 0 aliphatic carbocycles. The first-order chi connectivity index (χ1) is 11.7. The number of allylic oxidation sites excluding steroid dienone is 1. The van der Waals surface area contributed by atoms with Gasteiger partial charge in [-0.25, -0.2) is 9.59 Å². The van der Waals surface area contributed by atoms with E-state index in [1.807, 2.05) is 0 Å². The Morgan fingerprint density at radius 3 is 2.60 bits per heavy atom. The Morgan fingerprint density at radius 2 is 2.04 bits per heavy atom. The van der Waals surface area contributed by atoms with Crippen molar-refractivity contribution in [3.63, 3.8) is 0 Å². The second-order valence-corrected chi connectivity index (χ2v) is 5.36. The van der Waals surface area contributed by atoms with Crippen LogP contribution in [0.5, 0.6) is 0 Å². The maximum atomic E-state index is 13.3. The molecule has 0 saturated carbocycles. The standard InChI is InChI=1S/C17H17F3N2O3/c1-4-9-22-10(2)13(15(23)25-3)14(21-16(22)24)11-7-5-6-8-12(11)17(18,19)20/h4-8,14H,1,9H2,2-3H3,(H,21,24)/t14-/m0/s1. The molecule has 134 valence electrons. The molecule has 0 fully saturated rings. The minimum absolute atomic E-state index is 0.0550. The zero-order chi connectivity index (χ0) is 18.8. The van der Waals surface area contributed by atoms with Gasteiger partial charge < -0.3 is 10.1 Å². The lowest BCUT2D eigenvalue weighted by atomic mass is 9.91. The van der Waals surface area contributed by atoms with Crippen LogP contribution in [0.2, 0.25) is 0 Å². The number of nitrogens with zero attached hydrogens (tertiary/aromatic N) is 1. The van der Waals surface area contributed by atoms with E-state index in [1.165, 1.54) is 36.1 Å². The zero-order valence-electron chi connectivity index (χ0n) is 13.7. The number of rotatable bonds is 4. The van der Waals surface area contributed by atoms with E-state index in [0.29, 0.717) is 0 Å². The van der Waals surface area contributed by atoms with Gasteiger partial charge in [-0.2, -0.15) is 13.2 Å². The van der Waals surface area contributed by atoms with Crippen molar-refractivity contribution in [1.29, 1.82) is 0 Å².